The Balaban J connectivity index is 1.91. The highest BCUT2D eigenvalue weighted by molar-refractivity contribution is 9.10. The van der Waals surface area contributed by atoms with Crippen LogP contribution in [0, 0.1) is 0 Å². The topological polar surface area (TPSA) is 58.6 Å². The summed E-state index contributed by atoms with van der Waals surface area (Å²) in [7, 11) is 0. The van der Waals surface area contributed by atoms with Crippen LogP contribution in [0.3, 0.4) is 0 Å². The molecule has 3 aromatic carbocycles. The van der Waals surface area contributed by atoms with E-state index in [1.807, 2.05) is 68.4 Å². The van der Waals surface area contributed by atoms with E-state index in [0.29, 0.717) is 21.7 Å². The molecule has 1 N–H and O–H groups in total. The first kappa shape index (κ1) is 28.2. The molecule has 2 amide bonds. The van der Waals surface area contributed by atoms with Crippen molar-refractivity contribution in [2.75, 3.05) is 6.61 Å². The number of nitrogens with zero attached hydrogens (tertiary/aromatic N) is 1. The standard InChI is InChI=1S/C28H29Br2ClN2O3/c1-3-19(2)32-28(35)25(15-20-7-5-4-6-8-20)33(17-21-9-11-22(29)12-10-21)27(34)18-36-26-14-13-23(31)16-24(26)30/h4-14,16,19,25H,3,15,17-18H2,1-2H3,(H,32,35)/t19-,25+/m0/s1. The fourth-order valence-electron chi connectivity index (χ4n) is 3.60. The summed E-state index contributed by atoms with van der Waals surface area (Å²) in [5, 5.41) is 3.62. The number of carbonyl (C=O) groups excluding carboxylic acids is 2. The Morgan fingerprint density at radius 1 is 1.00 bits per heavy atom. The molecule has 3 rings (SSSR count). The number of rotatable bonds is 11. The van der Waals surface area contributed by atoms with Gasteiger partial charge in [0, 0.05) is 28.5 Å². The summed E-state index contributed by atoms with van der Waals surface area (Å²) < 4.78 is 7.43. The Bertz CT molecular complexity index is 1160. The summed E-state index contributed by atoms with van der Waals surface area (Å²) in [6, 6.07) is 21.8. The molecule has 0 aliphatic carbocycles. The highest BCUT2D eigenvalue weighted by atomic mass is 79.9. The Labute approximate surface area is 234 Å². The largest absolute Gasteiger partial charge is 0.483 e. The van der Waals surface area contributed by atoms with Gasteiger partial charge in [0.25, 0.3) is 5.91 Å². The van der Waals surface area contributed by atoms with E-state index in [1.54, 1.807) is 23.1 Å². The van der Waals surface area contributed by atoms with Crippen LogP contribution in [0.25, 0.3) is 0 Å². The lowest BCUT2D eigenvalue weighted by Crippen LogP contribution is -2.53. The molecule has 0 aliphatic rings. The fourth-order valence-corrected chi connectivity index (χ4v) is 4.66. The third kappa shape index (κ3) is 8.36. The molecule has 36 heavy (non-hydrogen) atoms. The van der Waals surface area contributed by atoms with E-state index in [2.05, 4.69) is 37.2 Å². The molecule has 8 heteroatoms. The van der Waals surface area contributed by atoms with Gasteiger partial charge in [-0.15, -0.1) is 0 Å². The molecule has 0 saturated heterocycles. The first-order valence-corrected chi connectivity index (χ1v) is 13.7. The van der Waals surface area contributed by atoms with Gasteiger partial charge in [0.1, 0.15) is 11.8 Å². The van der Waals surface area contributed by atoms with E-state index in [9.17, 15) is 9.59 Å². The zero-order valence-corrected chi connectivity index (χ0v) is 24.1. The van der Waals surface area contributed by atoms with Crippen LogP contribution in [-0.4, -0.2) is 35.4 Å². The number of benzene rings is 3. The lowest BCUT2D eigenvalue weighted by Gasteiger charge is -2.32. The van der Waals surface area contributed by atoms with E-state index < -0.39 is 6.04 Å². The van der Waals surface area contributed by atoms with Gasteiger partial charge >= 0.3 is 0 Å². The van der Waals surface area contributed by atoms with Crippen LogP contribution >= 0.6 is 43.5 Å². The van der Waals surface area contributed by atoms with Crippen molar-refractivity contribution in [3.63, 3.8) is 0 Å². The number of halogens is 3. The van der Waals surface area contributed by atoms with Gasteiger partial charge in [-0.05, 0) is 70.7 Å². The average molecular weight is 637 g/mol. The van der Waals surface area contributed by atoms with Crippen LogP contribution in [0.2, 0.25) is 5.02 Å². The highest BCUT2D eigenvalue weighted by Crippen LogP contribution is 2.28. The minimum absolute atomic E-state index is 0.0123. The SMILES string of the molecule is CC[C@H](C)NC(=O)[C@@H](Cc1ccccc1)N(Cc1ccc(Br)cc1)C(=O)COc1ccc(Cl)cc1Br. The van der Waals surface area contributed by atoms with E-state index in [-0.39, 0.29) is 31.0 Å². The summed E-state index contributed by atoms with van der Waals surface area (Å²) in [6.45, 7) is 4.01. The third-order valence-corrected chi connectivity index (χ3v) is 7.17. The van der Waals surface area contributed by atoms with Gasteiger partial charge in [-0.25, -0.2) is 0 Å². The van der Waals surface area contributed by atoms with Gasteiger partial charge in [0.15, 0.2) is 6.61 Å². The Kier molecular flexibility index (Phi) is 10.8. The zero-order chi connectivity index (χ0) is 26.1. The number of nitrogens with one attached hydrogen (secondary N) is 1. The van der Waals surface area contributed by atoms with Gasteiger partial charge in [-0.3, -0.25) is 9.59 Å². The lowest BCUT2D eigenvalue weighted by molar-refractivity contribution is -0.143. The first-order chi connectivity index (χ1) is 17.3. The van der Waals surface area contributed by atoms with Gasteiger partial charge in [-0.2, -0.15) is 0 Å². The molecule has 3 aromatic rings. The molecular formula is C28H29Br2ClN2O3. The molecule has 0 unspecified atom stereocenters. The summed E-state index contributed by atoms with van der Waals surface area (Å²) >= 11 is 12.9. The van der Waals surface area contributed by atoms with Crippen LogP contribution < -0.4 is 10.1 Å². The molecule has 0 aliphatic heterocycles. The Morgan fingerprint density at radius 2 is 1.69 bits per heavy atom. The predicted molar refractivity (Wildman–Crippen MR) is 151 cm³/mol. The number of ether oxygens (including phenoxy) is 1. The zero-order valence-electron chi connectivity index (χ0n) is 20.2. The maximum absolute atomic E-state index is 13.6. The Hall–Kier alpha value is -2.35. The van der Waals surface area contributed by atoms with Crippen molar-refractivity contribution in [1.82, 2.24) is 10.2 Å². The molecule has 0 fully saturated rings. The second-order valence-electron chi connectivity index (χ2n) is 8.53. The fraction of sp³-hybridized carbons (Fsp3) is 0.286. The van der Waals surface area contributed by atoms with Crippen molar-refractivity contribution >= 4 is 55.3 Å². The minimum atomic E-state index is -0.713. The van der Waals surface area contributed by atoms with Gasteiger partial charge < -0.3 is 15.0 Å². The number of hydrogen-bond donors (Lipinski definition) is 1. The summed E-state index contributed by atoms with van der Waals surface area (Å²) in [6.07, 6.45) is 1.17. The molecule has 190 valence electrons. The smallest absolute Gasteiger partial charge is 0.261 e. The summed E-state index contributed by atoms with van der Waals surface area (Å²) in [4.78, 5) is 28.7. The molecule has 0 bridgehead atoms. The monoisotopic (exact) mass is 634 g/mol. The van der Waals surface area contributed by atoms with Crippen molar-refractivity contribution in [3.05, 3.63) is 97.9 Å². The molecule has 5 nitrogen and oxygen atoms in total. The molecular weight excluding hydrogens is 608 g/mol. The highest BCUT2D eigenvalue weighted by Gasteiger charge is 2.31. The van der Waals surface area contributed by atoms with E-state index in [1.165, 1.54) is 0 Å². The number of carbonyl (C=O) groups is 2. The van der Waals surface area contributed by atoms with Gasteiger partial charge in [0.2, 0.25) is 5.91 Å². The van der Waals surface area contributed by atoms with Crippen LogP contribution in [0.1, 0.15) is 31.4 Å². The average Bonchev–Trinajstić information content (AvgIpc) is 2.87. The molecule has 0 heterocycles. The van der Waals surface area contributed by atoms with Crippen LogP contribution in [0.4, 0.5) is 0 Å². The molecule has 0 saturated carbocycles. The predicted octanol–water partition coefficient (Wildman–Crippen LogP) is 6.80. The number of hydrogen-bond acceptors (Lipinski definition) is 3. The second kappa shape index (κ2) is 13.8. The Morgan fingerprint density at radius 3 is 2.33 bits per heavy atom. The third-order valence-electron chi connectivity index (χ3n) is 5.78. The van der Waals surface area contributed by atoms with Crippen molar-refractivity contribution in [2.24, 2.45) is 0 Å². The maximum atomic E-state index is 13.6. The van der Waals surface area contributed by atoms with Crippen molar-refractivity contribution < 1.29 is 14.3 Å². The first-order valence-electron chi connectivity index (χ1n) is 11.7. The van der Waals surface area contributed by atoms with E-state index >= 15 is 0 Å². The lowest BCUT2D eigenvalue weighted by atomic mass is 10.0. The molecule has 0 spiro atoms. The van der Waals surface area contributed by atoms with Crippen LogP contribution in [0.5, 0.6) is 5.75 Å². The van der Waals surface area contributed by atoms with Crippen LogP contribution in [0.15, 0.2) is 81.7 Å². The van der Waals surface area contributed by atoms with Crippen molar-refractivity contribution in [3.8, 4) is 5.75 Å². The van der Waals surface area contributed by atoms with E-state index in [4.69, 9.17) is 16.3 Å². The van der Waals surface area contributed by atoms with Crippen LogP contribution in [-0.2, 0) is 22.6 Å². The van der Waals surface area contributed by atoms with Gasteiger partial charge in [-0.1, -0.05) is 76.9 Å². The second-order valence-corrected chi connectivity index (χ2v) is 10.7. The van der Waals surface area contributed by atoms with Gasteiger partial charge in [0.05, 0.1) is 4.47 Å². The minimum Gasteiger partial charge on any atom is -0.483 e. The van der Waals surface area contributed by atoms with E-state index in [0.717, 1.165) is 22.0 Å². The van der Waals surface area contributed by atoms with Crippen molar-refractivity contribution in [2.45, 2.75) is 45.3 Å². The molecule has 0 radical (unpaired) electrons. The quantitative estimate of drug-likeness (QED) is 0.252. The molecule has 2 atom stereocenters. The maximum Gasteiger partial charge on any atom is 0.261 e. The summed E-state index contributed by atoms with van der Waals surface area (Å²) in [5.74, 6) is 0.0198. The molecule has 0 aromatic heterocycles. The van der Waals surface area contributed by atoms with Crippen molar-refractivity contribution in [1.29, 1.82) is 0 Å². The summed E-state index contributed by atoms with van der Waals surface area (Å²) in [5.41, 5.74) is 1.88. The normalized spacial score (nSPS) is 12.5. The number of amides is 2.